The lowest BCUT2D eigenvalue weighted by Crippen LogP contribution is -2.31. The molecule has 0 aliphatic heterocycles. The molecule has 2 aliphatic rings. The van der Waals surface area contributed by atoms with Gasteiger partial charge in [-0.2, -0.15) is 0 Å². The van der Waals surface area contributed by atoms with Crippen molar-refractivity contribution < 1.29 is 0 Å². The summed E-state index contributed by atoms with van der Waals surface area (Å²) in [7, 11) is 6.05. The zero-order valence-electron chi connectivity index (χ0n) is 7.71. The number of fused-ring (bicyclic) bond motifs is 1. The topological polar surface area (TPSA) is 0 Å². The van der Waals surface area contributed by atoms with Crippen molar-refractivity contribution >= 4 is 18.5 Å². The molecule has 0 aromatic carbocycles. The van der Waals surface area contributed by atoms with Crippen LogP contribution in [0, 0.1) is 11.8 Å². The lowest BCUT2D eigenvalue weighted by atomic mass is 9.70. The standard InChI is InChI=1S/C10H20P2/c11-9-3-1-7-5-10(12)4-2-8(7)6-9/h7-10H,1-6,11-12H2. The van der Waals surface area contributed by atoms with Gasteiger partial charge in [-0.15, -0.1) is 18.5 Å². The lowest BCUT2D eigenvalue weighted by molar-refractivity contribution is 0.179. The van der Waals surface area contributed by atoms with Gasteiger partial charge < -0.3 is 0 Å². The maximum absolute atomic E-state index is 3.02. The van der Waals surface area contributed by atoms with E-state index in [1.54, 1.807) is 0 Å². The Morgan fingerprint density at radius 2 is 1.08 bits per heavy atom. The summed E-state index contributed by atoms with van der Waals surface area (Å²) >= 11 is 0. The summed E-state index contributed by atoms with van der Waals surface area (Å²) in [6, 6.07) is 0. The molecule has 0 bridgehead atoms. The minimum absolute atomic E-state index is 0.937. The summed E-state index contributed by atoms with van der Waals surface area (Å²) in [4.78, 5) is 0. The lowest BCUT2D eigenvalue weighted by Gasteiger charge is -2.40. The van der Waals surface area contributed by atoms with Crippen molar-refractivity contribution in [3.8, 4) is 0 Å². The van der Waals surface area contributed by atoms with Crippen LogP contribution in [0.2, 0.25) is 0 Å². The summed E-state index contributed by atoms with van der Waals surface area (Å²) in [5.74, 6) is 2.16. The Morgan fingerprint density at radius 1 is 0.667 bits per heavy atom. The van der Waals surface area contributed by atoms with Crippen molar-refractivity contribution in [1.82, 2.24) is 0 Å². The largest absolute Gasteiger partial charge is 0.134 e. The van der Waals surface area contributed by atoms with Gasteiger partial charge in [0.2, 0.25) is 0 Å². The zero-order chi connectivity index (χ0) is 8.55. The van der Waals surface area contributed by atoms with Gasteiger partial charge in [0, 0.05) is 0 Å². The van der Waals surface area contributed by atoms with Gasteiger partial charge in [-0.3, -0.25) is 0 Å². The van der Waals surface area contributed by atoms with Crippen LogP contribution in [0.3, 0.4) is 0 Å². The average Bonchev–Trinajstić information content (AvgIpc) is 2.05. The molecule has 2 aliphatic carbocycles. The van der Waals surface area contributed by atoms with E-state index in [-0.39, 0.29) is 0 Å². The summed E-state index contributed by atoms with van der Waals surface area (Å²) < 4.78 is 0. The van der Waals surface area contributed by atoms with E-state index < -0.39 is 0 Å². The highest BCUT2D eigenvalue weighted by atomic mass is 31.0. The molecule has 6 atom stereocenters. The second-order valence-corrected chi connectivity index (χ2v) is 6.55. The molecule has 0 aromatic rings. The van der Waals surface area contributed by atoms with Crippen LogP contribution in [0.5, 0.6) is 0 Å². The third kappa shape index (κ3) is 2.02. The fourth-order valence-electron chi connectivity index (χ4n) is 2.96. The molecule has 0 heterocycles. The highest BCUT2D eigenvalue weighted by Crippen LogP contribution is 2.44. The number of hydrogen-bond donors (Lipinski definition) is 0. The maximum atomic E-state index is 3.02. The minimum atomic E-state index is 0.937. The minimum Gasteiger partial charge on any atom is -0.134 e. The number of rotatable bonds is 0. The van der Waals surface area contributed by atoms with Crippen LogP contribution in [0.1, 0.15) is 38.5 Å². The molecule has 0 radical (unpaired) electrons. The van der Waals surface area contributed by atoms with E-state index in [0.29, 0.717) is 0 Å². The summed E-state index contributed by atoms with van der Waals surface area (Å²) in [6.45, 7) is 0. The highest BCUT2D eigenvalue weighted by Gasteiger charge is 2.32. The molecule has 70 valence electrons. The van der Waals surface area contributed by atoms with Crippen LogP contribution in [0.15, 0.2) is 0 Å². The van der Waals surface area contributed by atoms with E-state index in [2.05, 4.69) is 18.5 Å². The fourth-order valence-corrected chi connectivity index (χ4v) is 4.05. The Balaban J connectivity index is 1.94. The molecule has 0 spiro atoms. The monoisotopic (exact) mass is 202 g/mol. The van der Waals surface area contributed by atoms with Gasteiger partial charge in [0.1, 0.15) is 0 Å². The molecular formula is C10H20P2. The zero-order valence-corrected chi connectivity index (χ0v) is 10.0. The van der Waals surface area contributed by atoms with Crippen molar-refractivity contribution in [2.45, 2.75) is 49.8 Å². The average molecular weight is 202 g/mol. The molecular weight excluding hydrogens is 182 g/mol. The smallest absolute Gasteiger partial charge is 0.0261 e. The summed E-state index contributed by atoms with van der Waals surface area (Å²) in [6.07, 6.45) is 8.92. The molecule has 2 heteroatoms. The van der Waals surface area contributed by atoms with Gasteiger partial charge in [-0.25, -0.2) is 0 Å². The SMILES string of the molecule is PC1CCC2CC(P)CCC2C1. The molecule has 0 nitrogen and oxygen atoms in total. The molecule has 0 aromatic heterocycles. The van der Waals surface area contributed by atoms with Crippen LogP contribution < -0.4 is 0 Å². The van der Waals surface area contributed by atoms with Gasteiger partial charge in [-0.05, 0) is 61.7 Å². The van der Waals surface area contributed by atoms with Crippen LogP contribution in [0.25, 0.3) is 0 Å². The van der Waals surface area contributed by atoms with E-state index in [1.807, 2.05) is 0 Å². The molecule has 6 unspecified atom stereocenters. The van der Waals surface area contributed by atoms with E-state index in [9.17, 15) is 0 Å². The first-order valence-electron chi connectivity index (χ1n) is 5.27. The van der Waals surface area contributed by atoms with Gasteiger partial charge in [-0.1, -0.05) is 0 Å². The Bertz CT molecular complexity index is 140. The first kappa shape index (κ1) is 9.42. The summed E-state index contributed by atoms with van der Waals surface area (Å²) in [5.41, 5.74) is 1.87. The fraction of sp³-hybridized carbons (Fsp3) is 1.00. The predicted molar refractivity (Wildman–Crippen MR) is 61.7 cm³/mol. The molecule has 0 N–H and O–H groups in total. The van der Waals surface area contributed by atoms with Gasteiger partial charge in [0.05, 0.1) is 0 Å². The van der Waals surface area contributed by atoms with Crippen molar-refractivity contribution in [3.63, 3.8) is 0 Å². The van der Waals surface area contributed by atoms with Gasteiger partial charge in [0.15, 0.2) is 0 Å². The molecule has 2 rings (SSSR count). The van der Waals surface area contributed by atoms with E-state index in [1.165, 1.54) is 38.5 Å². The molecule has 2 saturated carbocycles. The maximum Gasteiger partial charge on any atom is -0.0261 e. The van der Waals surface area contributed by atoms with Crippen molar-refractivity contribution in [1.29, 1.82) is 0 Å². The first-order chi connectivity index (χ1) is 5.75. The van der Waals surface area contributed by atoms with Gasteiger partial charge in [0.25, 0.3) is 0 Å². The second kappa shape index (κ2) is 3.93. The number of hydrogen-bond acceptors (Lipinski definition) is 0. The quantitative estimate of drug-likeness (QED) is 0.529. The van der Waals surface area contributed by atoms with Crippen LogP contribution in [0.4, 0.5) is 0 Å². The van der Waals surface area contributed by atoms with Crippen molar-refractivity contribution in [3.05, 3.63) is 0 Å². The molecule has 12 heavy (non-hydrogen) atoms. The van der Waals surface area contributed by atoms with Gasteiger partial charge >= 0.3 is 0 Å². The van der Waals surface area contributed by atoms with E-state index >= 15 is 0 Å². The first-order valence-corrected chi connectivity index (χ1v) is 6.60. The van der Waals surface area contributed by atoms with Crippen LogP contribution in [-0.2, 0) is 0 Å². The Hall–Kier alpha value is 0.860. The van der Waals surface area contributed by atoms with Crippen LogP contribution in [-0.4, -0.2) is 11.3 Å². The summed E-state index contributed by atoms with van der Waals surface area (Å²) in [5, 5.41) is 0. The molecule has 2 fully saturated rings. The normalized spacial score (nSPS) is 48.5. The predicted octanol–water partition coefficient (Wildman–Crippen LogP) is 3.07. The molecule has 0 saturated heterocycles. The van der Waals surface area contributed by atoms with Crippen molar-refractivity contribution in [2.24, 2.45) is 11.8 Å². The Morgan fingerprint density at radius 3 is 1.50 bits per heavy atom. The van der Waals surface area contributed by atoms with Crippen molar-refractivity contribution in [2.75, 3.05) is 0 Å². The van der Waals surface area contributed by atoms with E-state index in [4.69, 9.17) is 0 Å². The Labute approximate surface area is 80.7 Å². The third-order valence-corrected chi connectivity index (χ3v) is 4.91. The highest BCUT2D eigenvalue weighted by molar-refractivity contribution is 7.17. The third-order valence-electron chi connectivity index (χ3n) is 3.69. The van der Waals surface area contributed by atoms with Crippen LogP contribution >= 0.6 is 18.5 Å². The second-order valence-electron chi connectivity index (χ2n) is 4.67. The molecule has 0 amide bonds. The van der Waals surface area contributed by atoms with E-state index in [0.717, 1.165) is 23.2 Å². The Kier molecular flexibility index (Phi) is 3.09.